The minimum atomic E-state index is -0.365. The van der Waals surface area contributed by atoms with Crippen molar-refractivity contribution in [3.05, 3.63) is 70.6 Å². The highest BCUT2D eigenvalue weighted by Crippen LogP contribution is 2.35. The van der Waals surface area contributed by atoms with Crippen LogP contribution in [0.3, 0.4) is 0 Å². The monoisotopic (exact) mass is 411 g/mol. The Kier molecular flexibility index (Phi) is 5.45. The van der Waals surface area contributed by atoms with Gasteiger partial charge >= 0.3 is 0 Å². The van der Waals surface area contributed by atoms with E-state index in [0.29, 0.717) is 36.8 Å². The number of rotatable bonds is 4. The summed E-state index contributed by atoms with van der Waals surface area (Å²) in [5.41, 5.74) is 2.95. The molecule has 1 aliphatic heterocycles. The average Bonchev–Trinajstić information content (AvgIpc) is 2.75. The van der Waals surface area contributed by atoms with Crippen molar-refractivity contribution in [2.45, 2.75) is 6.42 Å². The van der Waals surface area contributed by atoms with Crippen LogP contribution < -0.4 is 4.90 Å². The third kappa shape index (κ3) is 3.80. The van der Waals surface area contributed by atoms with E-state index >= 15 is 0 Å². The zero-order chi connectivity index (χ0) is 20.4. The summed E-state index contributed by atoms with van der Waals surface area (Å²) in [6, 6.07) is 11.2. The zero-order valence-corrected chi connectivity index (χ0v) is 16.4. The Bertz CT molecular complexity index is 1060. The molecule has 0 atom stereocenters. The lowest BCUT2D eigenvalue weighted by molar-refractivity contribution is -0.107. The molecule has 2 aromatic carbocycles. The van der Waals surface area contributed by atoms with Crippen LogP contribution in [0.15, 0.2) is 48.7 Å². The lowest BCUT2D eigenvalue weighted by Gasteiger charge is -2.37. The molecule has 0 saturated carbocycles. The number of hydrogen-bond acceptors (Lipinski definition) is 4. The van der Waals surface area contributed by atoms with Crippen molar-refractivity contribution in [1.29, 1.82) is 0 Å². The number of fused-ring (bicyclic) bond motifs is 1. The van der Waals surface area contributed by atoms with Gasteiger partial charge in [0.05, 0.1) is 16.2 Å². The Balaban J connectivity index is 1.60. The number of amides is 1. The highest BCUT2D eigenvalue weighted by atomic mass is 35.5. The van der Waals surface area contributed by atoms with Crippen LogP contribution in [0.2, 0.25) is 5.02 Å². The van der Waals surface area contributed by atoms with Gasteiger partial charge in [-0.1, -0.05) is 11.6 Å². The van der Waals surface area contributed by atoms with Crippen LogP contribution in [-0.2, 0) is 11.2 Å². The van der Waals surface area contributed by atoms with E-state index in [1.54, 1.807) is 11.1 Å². The number of pyridine rings is 1. The molecule has 5 nitrogen and oxygen atoms in total. The second-order valence-electron chi connectivity index (χ2n) is 6.92. The molecule has 1 aliphatic rings. The van der Waals surface area contributed by atoms with E-state index in [9.17, 15) is 14.0 Å². The van der Waals surface area contributed by atoms with Gasteiger partial charge in [-0.15, -0.1) is 0 Å². The van der Waals surface area contributed by atoms with Crippen LogP contribution in [-0.4, -0.2) is 48.3 Å². The van der Waals surface area contributed by atoms with Gasteiger partial charge in [0.1, 0.15) is 12.1 Å². The number of aromatic nitrogens is 1. The summed E-state index contributed by atoms with van der Waals surface area (Å²) in [4.78, 5) is 32.3. The Morgan fingerprint density at radius 3 is 2.55 bits per heavy atom. The largest absolute Gasteiger partial charge is 0.366 e. The van der Waals surface area contributed by atoms with E-state index < -0.39 is 0 Å². The molecular weight excluding hydrogens is 393 g/mol. The fourth-order valence-electron chi connectivity index (χ4n) is 3.74. The fourth-order valence-corrected chi connectivity index (χ4v) is 4.03. The van der Waals surface area contributed by atoms with Crippen LogP contribution in [0.1, 0.15) is 15.9 Å². The first-order valence-corrected chi connectivity index (χ1v) is 9.76. The van der Waals surface area contributed by atoms with E-state index in [1.165, 1.54) is 24.3 Å². The highest BCUT2D eigenvalue weighted by Gasteiger charge is 2.25. The number of carbonyl (C=O) groups is 2. The Hall–Kier alpha value is -2.99. The lowest BCUT2D eigenvalue weighted by Crippen LogP contribution is -2.49. The molecule has 1 aromatic heterocycles. The minimum Gasteiger partial charge on any atom is -0.366 e. The van der Waals surface area contributed by atoms with Crippen LogP contribution in [0.4, 0.5) is 10.1 Å². The molecule has 3 aromatic rings. The molecule has 0 spiro atoms. The standard InChI is InChI=1S/C22H19ClFN3O2/c23-19-14-16(7-13-28)21(20-18(19)2-1-8-25-20)26-9-11-27(12-10-26)22(29)15-3-5-17(24)6-4-15/h1-6,8,13-14H,7,9-12H2. The average molecular weight is 412 g/mol. The van der Waals surface area contributed by atoms with Crippen molar-refractivity contribution in [2.24, 2.45) is 0 Å². The van der Waals surface area contributed by atoms with Crippen LogP contribution >= 0.6 is 11.6 Å². The van der Waals surface area contributed by atoms with Gasteiger partial charge in [-0.2, -0.15) is 0 Å². The van der Waals surface area contributed by atoms with Gasteiger partial charge in [-0.25, -0.2) is 4.39 Å². The maximum atomic E-state index is 13.1. The Morgan fingerprint density at radius 1 is 1.14 bits per heavy atom. The van der Waals surface area contributed by atoms with Crippen molar-refractivity contribution in [2.75, 3.05) is 31.1 Å². The Morgan fingerprint density at radius 2 is 1.86 bits per heavy atom. The number of aldehydes is 1. The molecule has 0 radical (unpaired) electrons. The summed E-state index contributed by atoms with van der Waals surface area (Å²) < 4.78 is 13.1. The molecule has 1 saturated heterocycles. The van der Waals surface area contributed by atoms with E-state index in [1.807, 2.05) is 18.2 Å². The van der Waals surface area contributed by atoms with E-state index in [-0.39, 0.29) is 18.1 Å². The van der Waals surface area contributed by atoms with Crippen molar-refractivity contribution >= 4 is 40.4 Å². The summed E-state index contributed by atoms with van der Waals surface area (Å²) in [6.45, 7) is 2.25. The first-order chi connectivity index (χ1) is 14.1. The SMILES string of the molecule is O=CCc1cc(Cl)c2cccnc2c1N1CCN(C(=O)c2ccc(F)cc2)CC1. The number of halogens is 2. The van der Waals surface area contributed by atoms with Crippen molar-refractivity contribution in [3.63, 3.8) is 0 Å². The molecular formula is C22H19ClFN3O2. The van der Waals surface area contributed by atoms with E-state index in [0.717, 1.165) is 28.4 Å². The normalized spacial score (nSPS) is 14.3. The summed E-state index contributed by atoms with van der Waals surface area (Å²) in [7, 11) is 0. The molecule has 0 N–H and O–H groups in total. The fraction of sp³-hybridized carbons (Fsp3) is 0.227. The zero-order valence-electron chi connectivity index (χ0n) is 15.6. The first-order valence-electron chi connectivity index (χ1n) is 9.38. The number of anilines is 1. The molecule has 0 unspecified atom stereocenters. The quantitative estimate of drug-likeness (QED) is 0.614. The summed E-state index contributed by atoms with van der Waals surface area (Å²) >= 11 is 6.40. The van der Waals surface area contributed by atoms with Gasteiger partial charge < -0.3 is 14.6 Å². The molecule has 0 aliphatic carbocycles. The third-order valence-electron chi connectivity index (χ3n) is 5.17. The van der Waals surface area contributed by atoms with Crippen LogP contribution in [0, 0.1) is 5.82 Å². The predicted octanol–water partition coefficient (Wildman–Crippen LogP) is 3.73. The van der Waals surface area contributed by atoms with Crippen molar-refractivity contribution < 1.29 is 14.0 Å². The smallest absolute Gasteiger partial charge is 0.253 e. The molecule has 1 fully saturated rings. The Labute approximate surface area is 172 Å². The predicted molar refractivity (Wildman–Crippen MR) is 111 cm³/mol. The third-order valence-corrected chi connectivity index (χ3v) is 5.48. The van der Waals surface area contributed by atoms with Crippen molar-refractivity contribution in [1.82, 2.24) is 9.88 Å². The molecule has 1 amide bonds. The van der Waals surface area contributed by atoms with Gasteiger partial charge in [0, 0.05) is 49.7 Å². The maximum Gasteiger partial charge on any atom is 0.253 e. The number of piperazine rings is 1. The molecule has 4 rings (SSSR count). The summed E-state index contributed by atoms with van der Waals surface area (Å²) in [5, 5.41) is 1.41. The number of hydrogen-bond donors (Lipinski definition) is 0. The maximum absolute atomic E-state index is 13.1. The molecule has 29 heavy (non-hydrogen) atoms. The van der Waals surface area contributed by atoms with E-state index in [4.69, 9.17) is 11.6 Å². The van der Waals surface area contributed by atoms with Crippen molar-refractivity contribution in [3.8, 4) is 0 Å². The second kappa shape index (κ2) is 8.17. The van der Waals surface area contributed by atoms with E-state index in [2.05, 4.69) is 9.88 Å². The van der Waals surface area contributed by atoms with Gasteiger partial charge in [-0.3, -0.25) is 9.78 Å². The molecule has 7 heteroatoms. The lowest BCUT2D eigenvalue weighted by atomic mass is 10.0. The number of nitrogens with zero attached hydrogens (tertiary/aromatic N) is 3. The van der Waals surface area contributed by atoms with Gasteiger partial charge in [0.2, 0.25) is 0 Å². The van der Waals surface area contributed by atoms with Gasteiger partial charge in [0.25, 0.3) is 5.91 Å². The molecule has 0 bridgehead atoms. The van der Waals surface area contributed by atoms with Gasteiger partial charge in [-0.05, 0) is 48.0 Å². The number of carbonyl (C=O) groups excluding carboxylic acids is 2. The summed E-state index contributed by atoms with van der Waals surface area (Å²) in [5.74, 6) is -0.479. The molecule has 2 heterocycles. The second-order valence-corrected chi connectivity index (χ2v) is 7.33. The molecule has 148 valence electrons. The highest BCUT2D eigenvalue weighted by molar-refractivity contribution is 6.36. The topological polar surface area (TPSA) is 53.5 Å². The number of benzene rings is 2. The van der Waals surface area contributed by atoms with Crippen LogP contribution in [0.5, 0.6) is 0 Å². The van der Waals surface area contributed by atoms with Gasteiger partial charge in [0.15, 0.2) is 0 Å². The van der Waals surface area contributed by atoms with Crippen LogP contribution in [0.25, 0.3) is 10.9 Å². The summed E-state index contributed by atoms with van der Waals surface area (Å²) in [6.07, 6.45) is 2.82. The first kappa shape index (κ1) is 19.3. The minimum absolute atomic E-state index is 0.114.